The molecule has 2 unspecified atom stereocenters. The van der Waals surface area contributed by atoms with Crippen LogP contribution in [0.15, 0.2) is 24.3 Å². The summed E-state index contributed by atoms with van der Waals surface area (Å²) in [6.07, 6.45) is 1.99. The summed E-state index contributed by atoms with van der Waals surface area (Å²) in [5.74, 6) is 0.262. The monoisotopic (exact) mass is 259 g/mol. The molecule has 0 aromatic heterocycles. The number of para-hydroxylation sites is 1. The Bertz CT molecular complexity index is 488. The molecule has 19 heavy (non-hydrogen) atoms. The van der Waals surface area contributed by atoms with Crippen molar-refractivity contribution in [1.82, 2.24) is 10.2 Å². The zero-order valence-electron chi connectivity index (χ0n) is 11.6. The molecule has 0 radical (unpaired) electrons. The first kappa shape index (κ1) is 12.5. The van der Waals surface area contributed by atoms with Gasteiger partial charge in [-0.1, -0.05) is 18.2 Å². The van der Waals surface area contributed by atoms with Crippen molar-refractivity contribution in [3.05, 3.63) is 29.8 Å². The maximum atomic E-state index is 12.2. The molecule has 1 aromatic carbocycles. The number of nitrogens with zero attached hydrogens (tertiary/aromatic N) is 2. The highest BCUT2D eigenvalue weighted by atomic mass is 16.2. The van der Waals surface area contributed by atoms with Crippen LogP contribution in [0.25, 0.3) is 0 Å². The van der Waals surface area contributed by atoms with Gasteiger partial charge in [-0.05, 0) is 31.5 Å². The fourth-order valence-corrected chi connectivity index (χ4v) is 3.30. The third-order valence-corrected chi connectivity index (χ3v) is 4.40. The Morgan fingerprint density at radius 3 is 2.68 bits per heavy atom. The number of benzene rings is 1. The standard InChI is InChI=1S/C15H21N3O/c1-16-12-7-10-18(13-6-4-3-5-11(12)13)14-8-9-17(2)15(14)19/h3-6,12,14,16H,7-10H2,1-2H3. The molecule has 2 heterocycles. The first-order chi connectivity index (χ1) is 9.22. The summed E-state index contributed by atoms with van der Waals surface area (Å²) in [7, 11) is 3.90. The van der Waals surface area contributed by atoms with Gasteiger partial charge >= 0.3 is 0 Å². The highest BCUT2D eigenvalue weighted by molar-refractivity contribution is 5.87. The number of likely N-dealkylation sites (N-methyl/N-ethyl adjacent to an activating group) is 1. The number of rotatable bonds is 2. The van der Waals surface area contributed by atoms with Gasteiger partial charge in [-0.2, -0.15) is 0 Å². The number of hydrogen-bond acceptors (Lipinski definition) is 3. The Morgan fingerprint density at radius 2 is 2.00 bits per heavy atom. The van der Waals surface area contributed by atoms with Gasteiger partial charge in [0.2, 0.25) is 5.91 Å². The van der Waals surface area contributed by atoms with E-state index in [0.717, 1.165) is 25.9 Å². The van der Waals surface area contributed by atoms with E-state index in [1.54, 1.807) is 0 Å². The summed E-state index contributed by atoms with van der Waals surface area (Å²) in [6, 6.07) is 8.89. The lowest BCUT2D eigenvalue weighted by Gasteiger charge is -2.38. The predicted octanol–water partition coefficient (Wildman–Crippen LogP) is 1.39. The molecule has 4 heteroatoms. The molecule has 2 aliphatic heterocycles. The van der Waals surface area contributed by atoms with Gasteiger partial charge in [-0.25, -0.2) is 0 Å². The molecule has 1 fully saturated rings. The largest absolute Gasteiger partial charge is 0.359 e. The van der Waals surface area contributed by atoms with Gasteiger partial charge in [0, 0.05) is 31.9 Å². The second kappa shape index (κ2) is 4.85. The highest BCUT2D eigenvalue weighted by Gasteiger charge is 2.37. The van der Waals surface area contributed by atoms with Crippen LogP contribution in [-0.4, -0.2) is 44.0 Å². The lowest BCUT2D eigenvalue weighted by atomic mass is 9.95. The van der Waals surface area contributed by atoms with Gasteiger partial charge in [-0.15, -0.1) is 0 Å². The highest BCUT2D eigenvalue weighted by Crippen LogP contribution is 2.36. The van der Waals surface area contributed by atoms with E-state index in [0.29, 0.717) is 6.04 Å². The summed E-state index contributed by atoms with van der Waals surface area (Å²) in [6.45, 7) is 1.82. The van der Waals surface area contributed by atoms with E-state index >= 15 is 0 Å². The summed E-state index contributed by atoms with van der Waals surface area (Å²) in [4.78, 5) is 16.4. The molecule has 4 nitrogen and oxygen atoms in total. The summed E-state index contributed by atoms with van der Waals surface area (Å²) in [5, 5.41) is 3.37. The number of fused-ring (bicyclic) bond motifs is 1. The van der Waals surface area contributed by atoms with Crippen molar-refractivity contribution in [2.24, 2.45) is 0 Å². The average Bonchev–Trinajstić information content (AvgIpc) is 2.78. The third kappa shape index (κ3) is 2.00. The molecule has 0 saturated carbocycles. The van der Waals surface area contributed by atoms with Gasteiger partial charge < -0.3 is 15.1 Å². The number of anilines is 1. The van der Waals surface area contributed by atoms with Crippen molar-refractivity contribution in [2.75, 3.05) is 32.1 Å². The Morgan fingerprint density at radius 1 is 1.21 bits per heavy atom. The van der Waals surface area contributed by atoms with Gasteiger partial charge in [-0.3, -0.25) is 4.79 Å². The molecule has 0 aliphatic carbocycles. The van der Waals surface area contributed by atoms with Crippen molar-refractivity contribution in [3.63, 3.8) is 0 Å². The summed E-state index contributed by atoms with van der Waals surface area (Å²) in [5.41, 5.74) is 2.54. The van der Waals surface area contributed by atoms with Crippen molar-refractivity contribution in [2.45, 2.75) is 24.9 Å². The minimum Gasteiger partial charge on any atom is -0.359 e. The van der Waals surface area contributed by atoms with Crippen molar-refractivity contribution < 1.29 is 4.79 Å². The average molecular weight is 259 g/mol. The second-order valence-corrected chi connectivity index (χ2v) is 5.45. The maximum absolute atomic E-state index is 12.2. The van der Waals surface area contributed by atoms with Crippen molar-refractivity contribution in [1.29, 1.82) is 0 Å². The number of carbonyl (C=O) groups excluding carboxylic acids is 1. The predicted molar refractivity (Wildman–Crippen MR) is 76.2 cm³/mol. The minimum absolute atomic E-state index is 0.0314. The van der Waals surface area contributed by atoms with Gasteiger partial charge in [0.25, 0.3) is 0 Å². The molecular formula is C15H21N3O. The molecule has 0 bridgehead atoms. The quantitative estimate of drug-likeness (QED) is 0.872. The molecule has 0 spiro atoms. The van der Waals surface area contributed by atoms with E-state index in [1.807, 2.05) is 19.0 Å². The molecule has 1 saturated heterocycles. The van der Waals surface area contributed by atoms with E-state index in [2.05, 4.69) is 34.5 Å². The van der Waals surface area contributed by atoms with Crippen molar-refractivity contribution >= 4 is 11.6 Å². The molecule has 102 valence electrons. The van der Waals surface area contributed by atoms with Crippen LogP contribution in [0.2, 0.25) is 0 Å². The van der Waals surface area contributed by atoms with Crippen LogP contribution >= 0.6 is 0 Å². The maximum Gasteiger partial charge on any atom is 0.245 e. The Balaban J connectivity index is 1.94. The van der Waals surface area contributed by atoms with Crippen LogP contribution < -0.4 is 10.2 Å². The van der Waals surface area contributed by atoms with E-state index in [1.165, 1.54) is 11.3 Å². The number of amides is 1. The first-order valence-corrected chi connectivity index (χ1v) is 7.00. The number of likely N-dealkylation sites (tertiary alicyclic amines) is 1. The zero-order valence-corrected chi connectivity index (χ0v) is 11.6. The van der Waals surface area contributed by atoms with E-state index < -0.39 is 0 Å². The molecule has 1 amide bonds. The molecule has 3 rings (SSSR count). The molecule has 1 N–H and O–H groups in total. The van der Waals surface area contributed by atoms with Gasteiger partial charge in [0.1, 0.15) is 6.04 Å². The lowest BCUT2D eigenvalue weighted by molar-refractivity contribution is -0.127. The van der Waals surface area contributed by atoms with Crippen LogP contribution in [0.3, 0.4) is 0 Å². The van der Waals surface area contributed by atoms with Crippen LogP contribution in [0.5, 0.6) is 0 Å². The fraction of sp³-hybridized carbons (Fsp3) is 0.533. The van der Waals surface area contributed by atoms with Crippen LogP contribution in [0.4, 0.5) is 5.69 Å². The Hall–Kier alpha value is -1.55. The van der Waals surface area contributed by atoms with Crippen LogP contribution in [0, 0.1) is 0 Å². The topological polar surface area (TPSA) is 35.6 Å². The zero-order chi connectivity index (χ0) is 13.4. The smallest absolute Gasteiger partial charge is 0.245 e. The number of carbonyl (C=O) groups is 1. The Labute approximate surface area is 114 Å². The summed E-state index contributed by atoms with van der Waals surface area (Å²) < 4.78 is 0. The van der Waals surface area contributed by atoms with E-state index in [9.17, 15) is 4.79 Å². The fourth-order valence-electron chi connectivity index (χ4n) is 3.30. The number of nitrogens with one attached hydrogen (secondary N) is 1. The van der Waals surface area contributed by atoms with E-state index in [-0.39, 0.29) is 11.9 Å². The lowest BCUT2D eigenvalue weighted by Crippen LogP contribution is -2.45. The Kier molecular flexibility index (Phi) is 3.19. The first-order valence-electron chi connectivity index (χ1n) is 7.00. The SMILES string of the molecule is CNC1CCN(C2CCN(C)C2=O)c2ccccc21. The van der Waals surface area contributed by atoms with Crippen LogP contribution in [0.1, 0.15) is 24.4 Å². The van der Waals surface area contributed by atoms with Crippen molar-refractivity contribution in [3.8, 4) is 0 Å². The van der Waals surface area contributed by atoms with Gasteiger partial charge in [0.05, 0.1) is 0 Å². The van der Waals surface area contributed by atoms with Crippen LogP contribution in [-0.2, 0) is 4.79 Å². The molecule has 2 aliphatic rings. The molecule has 2 atom stereocenters. The third-order valence-electron chi connectivity index (χ3n) is 4.40. The van der Waals surface area contributed by atoms with Gasteiger partial charge in [0.15, 0.2) is 0 Å². The molecule has 1 aromatic rings. The number of hydrogen-bond donors (Lipinski definition) is 1. The molecular weight excluding hydrogens is 238 g/mol. The normalized spacial score (nSPS) is 26.7. The second-order valence-electron chi connectivity index (χ2n) is 5.45. The summed E-state index contributed by atoms with van der Waals surface area (Å²) >= 11 is 0. The minimum atomic E-state index is 0.0314. The van der Waals surface area contributed by atoms with E-state index in [4.69, 9.17) is 0 Å².